The van der Waals surface area contributed by atoms with Crippen molar-refractivity contribution in [3.8, 4) is 0 Å². The topological polar surface area (TPSA) is 21.3 Å². The van der Waals surface area contributed by atoms with Gasteiger partial charge < -0.3 is 10.1 Å². The third-order valence-corrected chi connectivity index (χ3v) is 2.81. The SMILES string of the molecule is CCCCCCNC1CCOC1C. The molecule has 1 N–H and O–H groups in total. The van der Waals surface area contributed by atoms with Crippen molar-refractivity contribution in [3.63, 3.8) is 0 Å². The Morgan fingerprint density at radius 2 is 2.15 bits per heavy atom. The van der Waals surface area contributed by atoms with Gasteiger partial charge >= 0.3 is 0 Å². The van der Waals surface area contributed by atoms with Gasteiger partial charge in [0.15, 0.2) is 0 Å². The highest BCUT2D eigenvalue weighted by Crippen LogP contribution is 2.12. The molecule has 1 aliphatic rings. The Bertz CT molecular complexity index is 127. The number of ether oxygens (including phenoxy) is 1. The third-order valence-electron chi connectivity index (χ3n) is 2.81. The first-order chi connectivity index (χ1) is 6.34. The van der Waals surface area contributed by atoms with E-state index in [0.29, 0.717) is 12.1 Å². The van der Waals surface area contributed by atoms with Crippen molar-refractivity contribution in [2.75, 3.05) is 13.2 Å². The molecule has 0 aromatic carbocycles. The van der Waals surface area contributed by atoms with Gasteiger partial charge in [-0.15, -0.1) is 0 Å². The van der Waals surface area contributed by atoms with E-state index in [1.165, 1.54) is 38.6 Å². The summed E-state index contributed by atoms with van der Waals surface area (Å²) in [6, 6.07) is 0.613. The fraction of sp³-hybridized carbons (Fsp3) is 1.00. The van der Waals surface area contributed by atoms with Crippen LogP contribution in [0.5, 0.6) is 0 Å². The first-order valence-corrected chi connectivity index (χ1v) is 5.69. The Kier molecular flexibility index (Phi) is 5.40. The van der Waals surface area contributed by atoms with Crippen LogP contribution in [-0.2, 0) is 4.74 Å². The van der Waals surface area contributed by atoms with Gasteiger partial charge in [0.1, 0.15) is 0 Å². The molecule has 1 aliphatic heterocycles. The minimum absolute atomic E-state index is 0.422. The molecule has 1 heterocycles. The number of hydrogen-bond donors (Lipinski definition) is 1. The van der Waals surface area contributed by atoms with Gasteiger partial charge in [-0.05, 0) is 26.3 Å². The number of rotatable bonds is 6. The van der Waals surface area contributed by atoms with Crippen molar-refractivity contribution in [3.05, 3.63) is 0 Å². The number of unbranched alkanes of at least 4 members (excludes halogenated alkanes) is 3. The molecule has 0 saturated carbocycles. The summed E-state index contributed by atoms with van der Waals surface area (Å²) in [6.07, 6.45) is 6.99. The second kappa shape index (κ2) is 6.39. The van der Waals surface area contributed by atoms with Gasteiger partial charge in [-0.2, -0.15) is 0 Å². The van der Waals surface area contributed by atoms with Crippen molar-refractivity contribution in [1.82, 2.24) is 5.32 Å². The highest BCUT2D eigenvalue weighted by Gasteiger charge is 2.22. The van der Waals surface area contributed by atoms with Crippen molar-refractivity contribution in [2.45, 2.75) is 58.1 Å². The Morgan fingerprint density at radius 3 is 2.77 bits per heavy atom. The van der Waals surface area contributed by atoms with E-state index in [2.05, 4.69) is 19.2 Å². The maximum atomic E-state index is 5.48. The van der Waals surface area contributed by atoms with Crippen LogP contribution >= 0.6 is 0 Å². The summed E-state index contributed by atoms with van der Waals surface area (Å²) < 4.78 is 5.48. The number of nitrogens with one attached hydrogen (secondary N) is 1. The van der Waals surface area contributed by atoms with Crippen molar-refractivity contribution < 1.29 is 4.74 Å². The molecule has 0 radical (unpaired) electrons. The highest BCUT2D eigenvalue weighted by molar-refractivity contribution is 4.78. The molecule has 1 rings (SSSR count). The van der Waals surface area contributed by atoms with E-state index in [1.807, 2.05) is 0 Å². The maximum Gasteiger partial charge on any atom is 0.0700 e. The predicted octanol–water partition coefficient (Wildman–Crippen LogP) is 2.33. The Hall–Kier alpha value is -0.0800. The minimum Gasteiger partial charge on any atom is -0.377 e. The third kappa shape index (κ3) is 4.10. The molecular formula is C11H23NO. The van der Waals surface area contributed by atoms with Crippen LogP contribution in [0.25, 0.3) is 0 Å². The first kappa shape index (κ1) is 11.0. The van der Waals surface area contributed by atoms with Crippen molar-refractivity contribution in [2.24, 2.45) is 0 Å². The Labute approximate surface area is 82.0 Å². The maximum absolute atomic E-state index is 5.48. The fourth-order valence-electron chi connectivity index (χ4n) is 1.84. The predicted molar refractivity (Wildman–Crippen MR) is 56.0 cm³/mol. The smallest absolute Gasteiger partial charge is 0.0700 e. The number of hydrogen-bond acceptors (Lipinski definition) is 2. The van der Waals surface area contributed by atoms with E-state index < -0.39 is 0 Å². The molecule has 2 unspecified atom stereocenters. The lowest BCUT2D eigenvalue weighted by Crippen LogP contribution is -2.35. The van der Waals surface area contributed by atoms with Crippen LogP contribution in [0, 0.1) is 0 Å². The lowest BCUT2D eigenvalue weighted by molar-refractivity contribution is 0.113. The normalized spacial score (nSPS) is 28.2. The van der Waals surface area contributed by atoms with Gasteiger partial charge in [0, 0.05) is 12.6 Å². The van der Waals surface area contributed by atoms with Crippen molar-refractivity contribution >= 4 is 0 Å². The van der Waals surface area contributed by atoms with E-state index in [-0.39, 0.29) is 0 Å². The van der Waals surface area contributed by atoms with Crippen molar-refractivity contribution in [1.29, 1.82) is 0 Å². The molecule has 0 aliphatic carbocycles. The van der Waals surface area contributed by atoms with E-state index in [9.17, 15) is 0 Å². The average Bonchev–Trinajstić information content (AvgIpc) is 2.52. The second-order valence-corrected chi connectivity index (χ2v) is 3.99. The van der Waals surface area contributed by atoms with Crippen LogP contribution in [0.1, 0.15) is 46.0 Å². The van der Waals surface area contributed by atoms with E-state index in [0.717, 1.165) is 6.61 Å². The van der Waals surface area contributed by atoms with Crippen LogP contribution < -0.4 is 5.32 Å². The van der Waals surface area contributed by atoms with Gasteiger partial charge in [-0.3, -0.25) is 0 Å². The van der Waals surface area contributed by atoms with E-state index in [4.69, 9.17) is 4.74 Å². The summed E-state index contributed by atoms with van der Waals surface area (Å²) in [5.41, 5.74) is 0. The van der Waals surface area contributed by atoms with E-state index in [1.54, 1.807) is 0 Å². The van der Waals surface area contributed by atoms with Gasteiger partial charge in [-0.25, -0.2) is 0 Å². The standard InChI is InChI=1S/C11H23NO/c1-3-4-5-6-8-12-11-7-9-13-10(11)2/h10-12H,3-9H2,1-2H3. The Balaban J connectivity index is 1.93. The van der Waals surface area contributed by atoms with Crippen LogP contribution in [0.4, 0.5) is 0 Å². The molecule has 2 nitrogen and oxygen atoms in total. The monoisotopic (exact) mass is 185 g/mol. The lowest BCUT2D eigenvalue weighted by Gasteiger charge is -2.15. The summed E-state index contributed by atoms with van der Waals surface area (Å²) in [5, 5.41) is 3.57. The van der Waals surface area contributed by atoms with Gasteiger partial charge in [0.05, 0.1) is 6.10 Å². The van der Waals surface area contributed by atoms with E-state index >= 15 is 0 Å². The van der Waals surface area contributed by atoms with Gasteiger partial charge in [0.2, 0.25) is 0 Å². The van der Waals surface area contributed by atoms with Gasteiger partial charge in [-0.1, -0.05) is 26.2 Å². The first-order valence-electron chi connectivity index (χ1n) is 5.69. The fourth-order valence-corrected chi connectivity index (χ4v) is 1.84. The lowest BCUT2D eigenvalue weighted by atomic mass is 10.1. The molecule has 0 bridgehead atoms. The molecule has 2 atom stereocenters. The van der Waals surface area contributed by atoms with Crippen LogP contribution in [-0.4, -0.2) is 25.3 Å². The summed E-state index contributed by atoms with van der Waals surface area (Å²) in [5.74, 6) is 0. The van der Waals surface area contributed by atoms with Crippen LogP contribution in [0.3, 0.4) is 0 Å². The second-order valence-electron chi connectivity index (χ2n) is 3.99. The Morgan fingerprint density at radius 1 is 1.31 bits per heavy atom. The largest absolute Gasteiger partial charge is 0.377 e. The molecular weight excluding hydrogens is 162 g/mol. The molecule has 0 spiro atoms. The molecule has 0 amide bonds. The highest BCUT2D eigenvalue weighted by atomic mass is 16.5. The molecule has 0 aromatic rings. The average molecular weight is 185 g/mol. The summed E-state index contributed by atoms with van der Waals surface area (Å²) in [7, 11) is 0. The van der Waals surface area contributed by atoms with Crippen LogP contribution in [0.15, 0.2) is 0 Å². The molecule has 1 saturated heterocycles. The summed E-state index contributed by atoms with van der Waals surface area (Å²) in [6.45, 7) is 6.52. The molecule has 78 valence electrons. The zero-order chi connectivity index (χ0) is 9.52. The molecule has 2 heteroatoms. The minimum atomic E-state index is 0.422. The zero-order valence-corrected chi connectivity index (χ0v) is 9.01. The van der Waals surface area contributed by atoms with Crippen LogP contribution in [0.2, 0.25) is 0 Å². The van der Waals surface area contributed by atoms with Gasteiger partial charge in [0.25, 0.3) is 0 Å². The quantitative estimate of drug-likeness (QED) is 0.641. The summed E-state index contributed by atoms with van der Waals surface area (Å²) >= 11 is 0. The zero-order valence-electron chi connectivity index (χ0n) is 9.01. The molecule has 13 heavy (non-hydrogen) atoms. The molecule has 0 aromatic heterocycles. The molecule has 1 fully saturated rings. The summed E-state index contributed by atoms with van der Waals surface area (Å²) in [4.78, 5) is 0.